The van der Waals surface area contributed by atoms with Gasteiger partial charge in [-0.3, -0.25) is 4.79 Å². The van der Waals surface area contributed by atoms with Gasteiger partial charge < -0.3 is 15.2 Å². The van der Waals surface area contributed by atoms with Crippen LogP contribution in [-0.4, -0.2) is 17.1 Å². The number of nitrogens with one attached hydrogen (secondary N) is 1. The number of ether oxygens (including phenoxy) is 1. The molecule has 4 nitrogen and oxygen atoms in total. The fourth-order valence-electron chi connectivity index (χ4n) is 3.82. The molecule has 0 saturated carbocycles. The molecule has 0 radical (unpaired) electrons. The van der Waals surface area contributed by atoms with E-state index in [4.69, 9.17) is 16.3 Å². The molecule has 1 amide bonds. The third-order valence-corrected chi connectivity index (χ3v) is 5.64. The summed E-state index contributed by atoms with van der Waals surface area (Å²) in [6.07, 6.45) is 0.977. The highest BCUT2D eigenvalue weighted by molar-refractivity contribution is 6.30. The van der Waals surface area contributed by atoms with Crippen molar-refractivity contribution < 1.29 is 19.0 Å². The predicted molar refractivity (Wildman–Crippen MR) is 113 cm³/mol. The van der Waals surface area contributed by atoms with Crippen molar-refractivity contribution in [2.45, 2.75) is 31.4 Å². The number of hydrogen-bond acceptors (Lipinski definition) is 3. The highest BCUT2D eigenvalue weighted by atomic mass is 35.5. The number of halogens is 2. The maximum atomic E-state index is 13.8. The van der Waals surface area contributed by atoms with Crippen molar-refractivity contribution in [1.82, 2.24) is 5.32 Å². The van der Waals surface area contributed by atoms with Crippen molar-refractivity contribution in [3.63, 3.8) is 0 Å². The number of benzene rings is 3. The van der Waals surface area contributed by atoms with Gasteiger partial charge in [-0.25, -0.2) is 4.39 Å². The van der Waals surface area contributed by atoms with E-state index in [2.05, 4.69) is 5.32 Å². The molecule has 1 aliphatic heterocycles. The first-order valence-electron chi connectivity index (χ1n) is 9.73. The number of aliphatic hydroxyl groups excluding tert-OH is 1. The molecule has 0 spiro atoms. The minimum atomic E-state index is -0.568. The zero-order valence-electron chi connectivity index (χ0n) is 16.1. The minimum absolute atomic E-state index is 0.0167. The zero-order chi connectivity index (χ0) is 21.1. The second-order valence-electron chi connectivity index (χ2n) is 7.38. The first kappa shape index (κ1) is 20.4. The highest BCUT2D eigenvalue weighted by Crippen LogP contribution is 2.34. The van der Waals surface area contributed by atoms with Crippen molar-refractivity contribution in [1.29, 1.82) is 0 Å². The summed E-state index contributed by atoms with van der Waals surface area (Å²) in [6, 6.07) is 19.5. The van der Waals surface area contributed by atoms with Crippen LogP contribution in [0.5, 0.6) is 11.5 Å². The Morgan fingerprint density at radius 3 is 2.63 bits per heavy atom. The summed E-state index contributed by atoms with van der Waals surface area (Å²) in [6.45, 7) is -0.140. The van der Waals surface area contributed by atoms with Gasteiger partial charge in [0.15, 0.2) is 0 Å². The van der Waals surface area contributed by atoms with Gasteiger partial charge in [-0.15, -0.1) is 0 Å². The van der Waals surface area contributed by atoms with Crippen LogP contribution >= 0.6 is 11.6 Å². The van der Waals surface area contributed by atoms with Gasteiger partial charge in [0.1, 0.15) is 17.3 Å². The molecule has 1 saturated heterocycles. The SMILES string of the molecule is O=C1CC(c2ccccc2)C(Cc2ccc(CO)cc2Oc2ccc(Cl)c(F)c2)N1. The lowest BCUT2D eigenvalue weighted by atomic mass is 9.88. The molecule has 3 aromatic rings. The Morgan fingerprint density at radius 1 is 1.10 bits per heavy atom. The van der Waals surface area contributed by atoms with E-state index >= 15 is 0 Å². The fourth-order valence-corrected chi connectivity index (χ4v) is 3.93. The van der Waals surface area contributed by atoms with Crippen LogP contribution in [0, 0.1) is 5.82 Å². The smallest absolute Gasteiger partial charge is 0.220 e. The summed E-state index contributed by atoms with van der Waals surface area (Å²) in [5.74, 6) is 0.320. The molecule has 4 rings (SSSR count). The van der Waals surface area contributed by atoms with E-state index in [1.807, 2.05) is 42.5 Å². The van der Waals surface area contributed by atoms with Crippen LogP contribution in [0.3, 0.4) is 0 Å². The average molecular weight is 426 g/mol. The molecular formula is C24H21ClFNO3. The van der Waals surface area contributed by atoms with Crippen LogP contribution in [0.1, 0.15) is 29.0 Å². The number of amides is 1. The van der Waals surface area contributed by atoms with E-state index in [1.54, 1.807) is 12.1 Å². The molecule has 0 bridgehead atoms. The Hall–Kier alpha value is -2.89. The second kappa shape index (κ2) is 8.86. The van der Waals surface area contributed by atoms with E-state index in [0.29, 0.717) is 29.9 Å². The van der Waals surface area contributed by atoms with Crippen molar-refractivity contribution in [3.05, 3.63) is 94.3 Å². The van der Waals surface area contributed by atoms with Gasteiger partial charge in [0, 0.05) is 24.4 Å². The van der Waals surface area contributed by atoms with Gasteiger partial charge in [-0.05, 0) is 41.3 Å². The van der Waals surface area contributed by atoms with Crippen molar-refractivity contribution in [2.75, 3.05) is 0 Å². The Labute approximate surface area is 179 Å². The molecule has 1 fully saturated rings. The van der Waals surface area contributed by atoms with E-state index < -0.39 is 5.82 Å². The molecule has 0 aromatic heterocycles. The van der Waals surface area contributed by atoms with Crippen LogP contribution in [0.2, 0.25) is 5.02 Å². The Balaban J connectivity index is 1.63. The van der Waals surface area contributed by atoms with Crippen LogP contribution in [0.25, 0.3) is 0 Å². The van der Waals surface area contributed by atoms with Crippen LogP contribution < -0.4 is 10.1 Å². The summed E-state index contributed by atoms with van der Waals surface area (Å²) in [4.78, 5) is 12.1. The Morgan fingerprint density at radius 2 is 1.90 bits per heavy atom. The number of carbonyl (C=O) groups is 1. The average Bonchev–Trinajstić information content (AvgIpc) is 3.12. The van der Waals surface area contributed by atoms with Crippen molar-refractivity contribution in [3.8, 4) is 11.5 Å². The van der Waals surface area contributed by atoms with Gasteiger partial charge >= 0.3 is 0 Å². The summed E-state index contributed by atoms with van der Waals surface area (Å²) in [5, 5.41) is 12.6. The third-order valence-electron chi connectivity index (χ3n) is 5.34. The molecule has 1 heterocycles. The van der Waals surface area contributed by atoms with E-state index in [0.717, 1.165) is 11.1 Å². The lowest BCUT2D eigenvalue weighted by Crippen LogP contribution is -2.30. The summed E-state index contributed by atoms with van der Waals surface area (Å²) >= 11 is 5.76. The predicted octanol–water partition coefficient (Wildman–Crippen LogP) is 4.98. The quantitative estimate of drug-likeness (QED) is 0.585. The molecule has 2 atom stereocenters. The topological polar surface area (TPSA) is 58.6 Å². The first-order chi connectivity index (χ1) is 14.5. The molecular weight excluding hydrogens is 405 g/mol. The van der Waals surface area contributed by atoms with Gasteiger partial charge in [0.25, 0.3) is 0 Å². The van der Waals surface area contributed by atoms with Crippen LogP contribution in [0.4, 0.5) is 4.39 Å². The lowest BCUT2D eigenvalue weighted by molar-refractivity contribution is -0.119. The molecule has 30 heavy (non-hydrogen) atoms. The van der Waals surface area contributed by atoms with Gasteiger partial charge in [-0.1, -0.05) is 54.1 Å². The molecule has 3 aromatic carbocycles. The van der Waals surface area contributed by atoms with Crippen molar-refractivity contribution >= 4 is 17.5 Å². The molecule has 6 heteroatoms. The Kier molecular flexibility index (Phi) is 6.02. The van der Waals surface area contributed by atoms with E-state index in [9.17, 15) is 14.3 Å². The normalized spacial score (nSPS) is 18.3. The molecule has 2 unspecified atom stereocenters. The fraction of sp³-hybridized carbons (Fsp3) is 0.208. The largest absolute Gasteiger partial charge is 0.457 e. The Bertz CT molecular complexity index is 1060. The first-order valence-corrected chi connectivity index (χ1v) is 10.1. The lowest BCUT2D eigenvalue weighted by Gasteiger charge is -2.21. The summed E-state index contributed by atoms with van der Waals surface area (Å²) < 4.78 is 19.8. The minimum Gasteiger partial charge on any atom is -0.457 e. The highest BCUT2D eigenvalue weighted by Gasteiger charge is 2.34. The molecule has 154 valence electrons. The molecule has 0 aliphatic carbocycles. The number of hydrogen-bond donors (Lipinski definition) is 2. The maximum absolute atomic E-state index is 13.8. The van der Waals surface area contributed by atoms with Gasteiger partial charge in [-0.2, -0.15) is 0 Å². The molecule has 2 N–H and O–H groups in total. The maximum Gasteiger partial charge on any atom is 0.220 e. The van der Waals surface area contributed by atoms with E-state index in [-0.39, 0.29) is 29.5 Å². The monoisotopic (exact) mass is 425 g/mol. The number of carbonyl (C=O) groups excluding carboxylic acids is 1. The van der Waals surface area contributed by atoms with Crippen molar-refractivity contribution in [2.24, 2.45) is 0 Å². The van der Waals surface area contributed by atoms with Crippen LogP contribution in [-0.2, 0) is 17.8 Å². The zero-order valence-corrected chi connectivity index (χ0v) is 16.9. The number of aliphatic hydroxyl groups is 1. The number of rotatable bonds is 6. The summed E-state index contributed by atoms with van der Waals surface area (Å²) in [5.41, 5.74) is 2.64. The third kappa shape index (κ3) is 4.48. The summed E-state index contributed by atoms with van der Waals surface area (Å²) in [7, 11) is 0. The van der Waals surface area contributed by atoms with E-state index in [1.165, 1.54) is 12.1 Å². The molecule has 1 aliphatic rings. The standard InChI is InChI=1S/C24H21ClFNO3/c25-20-9-8-18(12-21(20)26)30-23-10-15(14-28)6-7-17(23)11-22-19(13-24(29)27-22)16-4-2-1-3-5-16/h1-10,12,19,22,28H,11,13-14H2,(H,27,29). The van der Waals surface area contributed by atoms with Gasteiger partial charge in [0.2, 0.25) is 5.91 Å². The van der Waals surface area contributed by atoms with Gasteiger partial charge in [0.05, 0.1) is 11.6 Å². The second-order valence-corrected chi connectivity index (χ2v) is 7.78. The van der Waals surface area contributed by atoms with Crippen LogP contribution in [0.15, 0.2) is 66.7 Å².